The number of piperazine rings is 1. The van der Waals surface area contributed by atoms with E-state index in [4.69, 9.17) is 9.97 Å². The monoisotopic (exact) mass is 510 g/mol. The molecule has 6 heteroatoms. The van der Waals surface area contributed by atoms with Gasteiger partial charge in [0.1, 0.15) is 16.5 Å². The molecule has 7 rings (SSSR count). The first-order valence-corrected chi connectivity index (χ1v) is 14.9. The number of amides is 1. The molecule has 2 aliphatic carbocycles. The van der Waals surface area contributed by atoms with Gasteiger partial charge in [0.25, 0.3) is 5.91 Å². The summed E-state index contributed by atoms with van der Waals surface area (Å²) in [5, 5.41) is 3.60. The van der Waals surface area contributed by atoms with Gasteiger partial charge in [0, 0.05) is 42.5 Å². The fourth-order valence-electron chi connectivity index (χ4n) is 6.55. The summed E-state index contributed by atoms with van der Waals surface area (Å²) in [6.07, 6.45) is 11.2. The zero-order valence-electron chi connectivity index (χ0n) is 21.4. The maximum atomic E-state index is 13.4. The molecule has 2 fully saturated rings. The van der Waals surface area contributed by atoms with Crippen molar-refractivity contribution in [2.45, 2.75) is 63.7 Å². The number of carbonyl (C=O) groups excluding carboxylic acids is 1. The summed E-state index contributed by atoms with van der Waals surface area (Å²) in [5.41, 5.74) is 2.29. The average molecular weight is 511 g/mol. The van der Waals surface area contributed by atoms with E-state index in [9.17, 15) is 4.79 Å². The Morgan fingerprint density at radius 2 is 1.62 bits per heavy atom. The lowest BCUT2D eigenvalue weighted by molar-refractivity contribution is 0.0746. The van der Waals surface area contributed by atoms with E-state index < -0.39 is 0 Å². The molecule has 2 aromatic heterocycles. The molecule has 0 radical (unpaired) electrons. The number of thiophene rings is 1. The molecule has 4 aromatic rings. The summed E-state index contributed by atoms with van der Waals surface area (Å²) in [6, 6.07) is 14.3. The molecule has 37 heavy (non-hydrogen) atoms. The van der Waals surface area contributed by atoms with Crippen molar-refractivity contribution in [1.29, 1.82) is 0 Å². The van der Waals surface area contributed by atoms with Gasteiger partial charge >= 0.3 is 0 Å². The van der Waals surface area contributed by atoms with E-state index in [1.165, 1.54) is 77.4 Å². The predicted molar refractivity (Wildman–Crippen MR) is 152 cm³/mol. The fourth-order valence-corrected chi connectivity index (χ4v) is 7.82. The van der Waals surface area contributed by atoms with Crippen molar-refractivity contribution >= 4 is 44.1 Å². The highest BCUT2D eigenvalue weighted by Crippen LogP contribution is 2.42. The van der Waals surface area contributed by atoms with Crippen LogP contribution in [0.3, 0.4) is 0 Å². The highest BCUT2D eigenvalue weighted by Gasteiger charge is 2.29. The number of benzene rings is 2. The number of nitrogens with zero attached hydrogens (tertiary/aromatic N) is 4. The third-order valence-electron chi connectivity index (χ3n) is 8.65. The Balaban J connectivity index is 1.17. The topological polar surface area (TPSA) is 49.3 Å². The Bertz CT molecular complexity index is 1460. The number of carbonyl (C=O) groups is 1. The SMILES string of the molecule is O=C(c1ccc2ccccc2c1)N1CCN(c2nc(C3CCCCC3)nc3sc4c(c23)CCCC4)CC1. The number of rotatable bonds is 3. The van der Waals surface area contributed by atoms with Crippen molar-refractivity contribution in [2.24, 2.45) is 0 Å². The first-order chi connectivity index (χ1) is 18.2. The summed E-state index contributed by atoms with van der Waals surface area (Å²) in [6.45, 7) is 3.09. The van der Waals surface area contributed by atoms with E-state index in [1.807, 2.05) is 40.5 Å². The van der Waals surface area contributed by atoms with Crippen molar-refractivity contribution in [3.05, 3.63) is 64.3 Å². The molecule has 3 heterocycles. The van der Waals surface area contributed by atoms with E-state index in [-0.39, 0.29) is 5.91 Å². The average Bonchev–Trinajstić information content (AvgIpc) is 3.35. The summed E-state index contributed by atoms with van der Waals surface area (Å²) in [4.78, 5) is 31.1. The Morgan fingerprint density at radius 3 is 2.46 bits per heavy atom. The fraction of sp³-hybridized carbons (Fsp3) is 0.452. The third kappa shape index (κ3) is 4.29. The van der Waals surface area contributed by atoms with Gasteiger partial charge in [-0.05, 0) is 67.0 Å². The van der Waals surface area contributed by atoms with Gasteiger partial charge in [-0.1, -0.05) is 49.6 Å². The molecule has 190 valence electrons. The zero-order valence-corrected chi connectivity index (χ0v) is 22.2. The standard InChI is InChI=1S/C31H34N4OS/c36-31(24-15-14-21-8-4-5-11-23(21)20-24)35-18-16-34(17-19-35)29-27-25-12-6-7-13-26(25)37-30(27)33-28(32-29)22-9-2-1-3-10-22/h4-5,8,11,14-15,20,22H,1-3,6-7,9-10,12-13,16-19H2. The van der Waals surface area contributed by atoms with Crippen molar-refractivity contribution in [2.75, 3.05) is 31.1 Å². The minimum Gasteiger partial charge on any atom is -0.352 e. The van der Waals surface area contributed by atoms with Crippen LogP contribution in [0, 0.1) is 0 Å². The molecule has 1 saturated heterocycles. The Labute approximate surface area is 222 Å². The Morgan fingerprint density at radius 1 is 0.838 bits per heavy atom. The number of anilines is 1. The van der Waals surface area contributed by atoms with Crippen LogP contribution in [0.5, 0.6) is 0 Å². The first kappa shape index (κ1) is 23.2. The summed E-state index contributed by atoms with van der Waals surface area (Å²) in [7, 11) is 0. The van der Waals surface area contributed by atoms with Crippen LogP contribution in [0.15, 0.2) is 42.5 Å². The van der Waals surface area contributed by atoms with Crippen LogP contribution in [-0.4, -0.2) is 47.0 Å². The normalized spacial score (nSPS) is 18.9. The molecule has 0 spiro atoms. The number of hydrogen-bond acceptors (Lipinski definition) is 5. The Hall–Kier alpha value is -2.99. The molecule has 3 aliphatic rings. The second-order valence-corrected chi connectivity index (χ2v) is 12.1. The van der Waals surface area contributed by atoms with E-state index in [0.29, 0.717) is 5.92 Å². The maximum absolute atomic E-state index is 13.4. The van der Waals surface area contributed by atoms with E-state index >= 15 is 0 Å². The van der Waals surface area contributed by atoms with Gasteiger partial charge in [0.15, 0.2) is 0 Å². The number of aryl methyl sites for hydroxylation is 2. The highest BCUT2D eigenvalue weighted by atomic mass is 32.1. The molecule has 5 nitrogen and oxygen atoms in total. The first-order valence-electron chi connectivity index (χ1n) is 14.1. The van der Waals surface area contributed by atoms with Crippen LogP contribution in [0.4, 0.5) is 5.82 Å². The number of aromatic nitrogens is 2. The summed E-state index contributed by atoms with van der Waals surface area (Å²) < 4.78 is 0. The minimum absolute atomic E-state index is 0.133. The smallest absolute Gasteiger partial charge is 0.253 e. The van der Waals surface area contributed by atoms with E-state index in [1.54, 1.807) is 0 Å². The van der Waals surface area contributed by atoms with Crippen molar-refractivity contribution in [3.8, 4) is 0 Å². The molecule has 1 amide bonds. The second kappa shape index (κ2) is 9.71. The van der Waals surface area contributed by atoms with Gasteiger partial charge in [0.2, 0.25) is 0 Å². The van der Waals surface area contributed by atoms with E-state index in [0.717, 1.165) is 55.2 Å². The van der Waals surface area contributed by atoms with Crippen LogP contribution < -0.4 is 4.90 Å². The molecule has 0 unspecified atom stereocenters. The van der Waals surface area contributed by atoms with Crippen LogP contribution in [0.25, 0.3) is 21.0 Å². The second-order valence-electron chi connectivity index (χ2n) is 11.0. The lowest BCUT2D eigenvalue weighted by atomic mass is 9.88. The van der Waals surface area contributed by atoms with Gasteiger partial charge in [-0.25, -0.2) is 9.97 Å². The van der Waals surface area contributed by atoms with Gasteiger partial charge in [-0.2, -0.15) is 0 Å². The minimum atomic E-state index is 0.133. The van der Waals surface area contributed by atoms with E-state index in [2.05, 4.69) is 23.1 Å². The molecule has 1 saturated carbocycles. The van der Waals surface area contributed by atoms with Crippen molar-refractivity contribution in [1.82, 2.24) is 14.9 Å². The molecule has 0 N–H and O–H groups in total. The predicted octanol–water partition coefficient (Wildman–Crippen LogP) is 6.73. The molecule has 1 aliphatic heterocycles. The molecular weight excluding hydrogens is 476 g/mol. The maximum Gasteiger partial charge on any atom is 0.253 e. The quantitative estimate of drug-likeness (QED) is 0.306. The van der Waals surface area contributed by atoms with Gasteiger partial charge in [0.05, 0.1) is 5.39 Å². The molecular formula is C31H34N4OS. The molecule has 0 atom stereocenters. The van der Waals surface area contributed by atoms with Crippen LogP contribution in [0.1, 0.15) is 77.5 Å². The zero-order chi connectivity index (χ0) is 24.8. The Kier molecular flexibility index (Phi) is 6.08. The van der Waals surface area contributed by atoms with Crippen LogP contribution in [0.2, 0.25) is 0 Å². The van der Waals surface area contributed by atoms with Crippen molar-refractivity contribution < 1.29 is 4.79 Å². The van der Waals surface area contributed by atoms with Crippen LogP contribution in [-0.2, 0) is 12.8 Å². The van der Waals surface area contributed by atoms with Gasteiger partial charge in [-0.15, -0.1) is 11.3 Å². The lowest BCUT2D eigenvalue weighted by Crippen LogP contribution is -2.49. The lowest BCUT2D eigenvalue weighted by Gasteiger charge is -2.36. The summed E-state index contributed by atoms with van der Waals surface area (Å²) >= 11 is 1.92. The molecule has 0 bridgehead atoms. The highest BCUT2D eigenvalue weighted by molar-refractivity contribution is 7.19. The summed E-state index contributed by atoms with van der Waals surface area (Å²) in [5.74, 6) is 2.83. The van der Waals surface area contributed by atoms with Crippen LogP contribution >= 0.6 is 11.3 Å². The number of hydrogen-bond donors (Lipinski definition) is 0. The largest absolute Gasteiger partial charge is 0.352 e. The molecule has 2 aromatic carbocycles. The van der Waals surface area contributed by atoms with Gasteiger partial charge < -0.3 is 9.80 Å². The number of fused-ring (bicyclic) bond motifs is 4. The third-order valence-corrected chi connectivity index (χ3v) is 9.83. The van der Waals surface area contributed by atoms with Gasteiger partial charge in [-0.3, -0.25) is 4.79 Å². The van der Waals surface area contributed by atoms with Crippen molar-refractivity contribution in [3.63, 3.8) is 0 Å².